The van der Waals surface area contributed by atoms with Crippen molar-refractivity contribution < 1.29 is 14.4 Å². The average Bonchev–Trinajstić information content (AvgIpc) is 2.92. The highest BCUT2D eigenvalue weighted by molar-refractivity contribution is 5.58. The van der Waals surface area contributed by atoms with Crippen LogP contribution in [0.2, 0.25) is 0 Å². The Bertz CT molecular complexity index is 493. The molecule has 0 spiro atoms. The first-order valence-electron chi connectivity index (χ1n) is 7.36. The summed E-state index contributed by atoms with van der Waals surface area (Å²) in [7, 11) is 1.72. The number of rotatable bonds is 7. The van der Waals surface area contributed by atoms with Crippen LogP contribution in [-0.2, 0) is 4.74 Å². The number of anilines is 1. The quantitative estimate of drug-likeness (QED) is 0.616. The first-order chi connectivity index (χ1) is 10.2. The minimum absolute atomic E-state index is 0.00344. The minimum atomic E-state index is -0.414. The Labute approximate surface area is 124 Å². The Kier molecular flexibility index (Phi) is 5.38. The van der Waals surface area contributed by atoms with Gasteiger partial charge < -0.3 is 14.8 Å². The van der Waals surface area contributed by atoms with Crippen molar-refractivity contribution in [1.29, 1.82) is 0 Å². The van der Waals surface area contributed by atoms with Crippen LogP contribution in [0.1, 0.15) is 32.6 Å². The van der Waals surface area contributed by atoms with Gasteiger partial charge in [-0.05, 0) is 31.7 Å². The molecular formula is C15H22N2O4. The molecule has 2 atom stereocenters. The second kappa shape index (κ2) is 7.26. The van der Waals surface area contributed by atoms with Gasteiger partial charge in [-0.25, -0.2) is 0 Å². The van der Waals surface area contributed by atoms with Crippen LogP contribution in [0.5, 0.6) is 5.75 Å². The van der Waals surface area contributed by atoms with Gasteiger partial charge >= 0.3 is 5.69 Å². The van der Waals surface area contributed by atoms with Crippen molar-refractivity contribution in [3.05, 3.63) is 28.3 Å². The monoisotopic (exact) mass is 294 g/mol. The fourth-order valence-corrected chi connectivity index (χ4v) is 2.67. The highest BCUT2D eigenvalue weighted by Gasteiger charge is 2.27. The van der Waals surface area contributed by atoms with Crippen LogP contribution in [0.3, 0.4) is 0 Å². The molecule has 0 radical (unpaired) electrons. The van der Waals surface area contributed by atoms with Crippen molar-refractivity contribution in [3.8, 4) is 5.75 Å². The molecule has 2 unspecified atom stereocenters. The van der Waals surface area contributed by atoms with Gasteiger partial charge in [0.15, 0.2) is 5.75 Å². The summed E-state index contributed by atoms with van der Waals surface area (Å²) in [5.74, 6) is 0.318. The summed E-state index contributed by atoms with van der Waals surface area (Å²) < 4.78 is 10.9. The second-order valence-corrected chi connectivity index (χ2v) is 5.24. The van der Waals surface area contributed by atoms with Crippen molar-refractivity contribution in [2.45, 2.75) is 44.8 Å². The third-order valence-electron chi connectivity index (χ3n) is 3.73. The molecule has 1 saturated carbocycles. The van der Waals surface area contributed by atoms with Crippen LogP contribution in [-0.4, -0.2) is 30.8 Å². The van der Waals surface area contributed by atoms with Crippen LogP contribution >= 0.6 is 0 Å². The number of hydrogen-bond donors (Lipinski definition) is 1. The maximum absolute atomic E-state index is 11.0. The number of hydrogen-bond acceptors (Lipinski definition) is 5. The normalized spacial score (nSPS) is 21.2. The van der Waals surface area contributed by atoms with Gasteiger partial charge in [-0.1, -0.05) is 6.92 Å². The van der Waals surface area contributed by atoms with Gasteiger partial charge in [-0.2, -0.15) is 0 Å². The maximum Gasteiger partial charge on any atom is 0.311 e. The number of nitro groups is 1. The van der Waals surface area contributed by atoms with E-state index in [1.807, 2.05) is 6.92 Å². The molecule has 1 aromatic rings. The third kappa shape index (κ3) is 3.85. The first kappa shape index (κ1) is 15.6. The summed E-state index contributed by atoms with van der Waals surface area (Å²) in [6, 6.07) is 5.17. The van der Waals surface area contributed by atoms with Crippen LogP contribution in [0.25, 0.3) is 0 Å². The molecule has 21 heavy (non-hydrogen) atoms. The Morgan fingerprint density at radius 2 is 2.24 bits per heavy atom. The molecule has 2 rings (SSSR count). The fraction of sp³-hybridized carbons (Fsp3) is 0.600. The zero-order valence-corrected chi connectivity index (χ0v) is 12.5. The summed E-state index contributed by atoms with van der Waals surface area (Å²) in [5.41, 5.74) is 0.837. The van der Waals surface area contributed by atoms with Crippen molar-refractivity contribution in [3.63, 3.8) is 0 Å². The van der Waals surface area contributed by atoms with E-state index in [1.54, 1.807) is 19.2 Å². The number of nitrogens with one attached hydrogen (secondary N) is 1. The van der Waals surface area contributed by atoms with Crippen molar-refractivity contribution in [2.75, 3.05) is 19.0 Å². The number of nitrogens with zero attached hydrogens (tertiary/aromatic N) is 1. The minimum Gasteiger partial charge on any atom is -0.487 e. The molecule has 1 aliphatic rings. The van der Waals surface area contributed by atoms with Gasteiger partial charge in [-0.3, -0.25) is 10.1 Å². The Morgan fingerprint density at radius 3 is 2.90 bits per heavy atom. The smallest absolute Gasteiger partial charge is 0.311 e. The molecule has 1 N–H and O–H groups in total. The van der Waals surface area contributed by atoms with Crippen LogP contribution in [0, 0.1) is 10.1 Å². The van der Waals surface area contributed by atoms with Crippen molar-refractivity contribution in [1.82, 2.24) is 0 Å². The largest absolute Gasteiger partial charge is 0.487 e. The predicted octanol–water partition coefficient (Wildman–Crippen LogP) is 3.36. The van der Waals surface area contributed by atoms with E-state index in [0.29, 0.717) is 12.4 Å². The number of benzene rings is 1. The predicted molar refractivity (Wildman–Crippen MR) is 80.9 cm³/mol. The lowest BCUT2D eigenvalue weighted by molar-refractivity contribution is -0.385. The van der Waals surface area contributed by atoms with Crippen molar-refractivity contribution >= 4 is 11.4 Å². The van der Waals surface area contributed by atoms with E-state index in [9.17, 15) is 10.1 Å². The summed E-state index contributed by atoms with van der Waals surface area (Å²) in [4.78, 5) is 10.6. The molecule has 0 heterocycles. The van der Waals surface area contributed by atoms with E-state index >= 15 is 0 Å². The number of nitro benzene ring substituents is 1. The Hall–Kier alpha value is -1.82. The van der Waals surface area contributed by atoms with E-state index in [0.717, 1.165) is 31.4 Å². The van der Waals surface area contributed by atoms with Gasteiger partial charge in [0, 0.05) is 24.9 Å². The zero-order valence-electron chi connectivity index (χ0n) is 12.5. The van der Waals surface area contributed by atoms with Crippen LogP contribution < -0.4 is 10.1 Å². The molecule has 6 nitrogen and oxygen atoms in total. The molecule has 0 amide bonds. The third-order valence-corrected chi connectivity index (χ3v) is 3.73. The van der Waals surface area contributed by atoms with Gasteiger partial charge in [0.05, 0.1) is 23.7 Å². The lowest BCUT2D eigenvalue weighted by atomic mass is 10.2. The van der Waals surface area contributed by atoms with E-state index in [-0.39, 0.29) is 17.8 Å². The van der Waals surface area contributed by atoms with E-state index in [4.69, 9.17) is 9.47 Å². The molecule has 0 bridgehead atoms. The summed E-state index contributed by atoms with van der Waals surface area (Å²) >= 11 is 0. The van der Waals surface area contributed by atoms with Crippen LogP contribution in [0.15, 0.2) is 18.2 Å². The standard InChI is InChI=1S/C15H22N2O4/c1-3-9-21-15-10-11(7-8-13(15)17(18)19)16-12-5-4-6-14(12)20-2/h7-8,10,12,14,16H,3-6,9H2,1-2H3. The zero-order chi connectivity index (χ0) is 15.2. The van der Waals surface area contributed by atoms with E-state index in [1.165, 1.54) is 6.07 Å². The highest BCUT2D eigenvalue weighted by Crippen LogP contribution is 2.32. The summed E-state index contributed by atoms with van der Waals surface area (Å²) in [6.07, 6.45) is 4.21. The Balaban J connectivity index is 2.14. The van der Waals surface area contributed by atoms with Gasteiger partial charge in [0.2, 0.25) is 0 Å². The molecule has 0 aromatic heterocycles. The molecular weight excluding hydrogens is 272 g/mol. The lowest BCUT2D eigenvalue weighted by Crippen LogP contribution is -2.29. The second-order valence-electron chi connectivity index (χ2n) is 5.24. The molecule has 116 valence electrons. The highest BCUT2D eigenvalue weighted by atomic mass is 16.6. The van der Waals surface area contributed by atoms with Gasteiger partial charge in [0.1, 0.15) is 0 Å². The lowest BCUT2D eigenvalue weighted by Gasteiger charge is -2.21. The van der Waals surface area contributed by atoms with Gasteiger partial charge in [0.25, 0.3) is 0 Å². The number of ether oxygens (including phenoxy) is 2. The fourth-order valence-electron chi connectivity index (χ4n) is 2.67. The van der Waals surface area contributed by atoms with Crippen molar-refractivity contribution in [2.24, 2.45) is 0 Å². The maximum atomic E-state index is 11.0. The Morgan fingerprint density at radius 1 is 1.43 bits per heavy atom. The van der Waals surface area contributed by atoms with Gasteiger partial charge in [-0.15, -0.1) is 0 Å². The molecule has 6 heteroatoms. The summed E-state index contributed by atoms with van der Waals surface area (Å²) in [5, 5.41) is 14.4. The molecule has 1 aromatic carbocycles. The average molecular weight is 294 g/mol. The topological polar surface area (TPSA) is 73.6 Å². The SMILES string of the molecule is CCCOc1cc(NC2CCCC2OC)ccc1[N+](=O)[O-]. The number of methoxy groups -OCH3 is 1. The molecule has 0 saturated heterocycles. The molecule has 1 fully saturated rings. The first-order valence-corrected chi connectivity index (χ1v) is 7.36. The molecule has 0 aliphatic heterocycles. The van der Waals surface area contributed by atoms with E-state index in [2.05, 4.69) is 5.32 Å². The van der Waals surface area contributed by atoms with Crippen LogP contribution in [0.4, 0.5) is 11.4 Å². The molecule has 1 aliphatic carbocycles. The summed E-state index contributed by atoms with van der Waals surface area (Å²) in [6.45, 7) is 2.43. The van der Waals surface area contributed by atoms with E-state index < -0.39 is 4.92 Å².